The average molecular weight is 338 g/mol. The van der Waals surface area contributed by atoms with Crippen molar-refractivity contribution in [3.8, 4) is 11.5 Å². The monoisotopic (exact) mass is 338 g/mol. The SMILES string of the molecule is C=COCCOCCOc1ccccc1OCCOCCOC=C. The van der Waals surface area contributed by atoms with Gasteiger partial charge in [-0.1, -0.05) is 25.3 Å². The number of hydrogen-bond donors (Lipinski definition) is 0. The van der Waals surface area contributed by atoms with Crippen molar-refractivity contribution in [1.82, 2.24) is 0 Å². The Bertz CT molecular complexity index is 408. The fourth-order valence-electron chi connectivity index (χ4n) is 1.69. The zero-order chi connectivity index (χ0) is 17.3. The van der Waals surface area contributed by atoms with Crippen molar-refractivity contribution >= 4 is 0 Å². The summed E-state index contributed by atoms with van der Waals surface area (Å²) in [4.78, 5) is 0. The highest BCUT2D eigenvalue weighted by molar-refractivity contribution is 5.39. The van der Waals surface area contributed by atoms with Crippen molar-refractivity contribution < 1.29 is 28.4 Å². The molecule has 0 bridgehead atoms. The molecule has 0 aromatic heterocycles. The Balaban J connectivity index is 2.16. The van der Waals surface area contributed by atoms with Gasteiger partial charge in [0, 0.05) is 0 Å². The van der Waals surface area contributed by atoms with Crippen LogP contribution in [0.15, 0.2) is 49.9 Å². The number of rotatable bonds is 16. The zero-order valence-corrected chi connectivity index (χ0v) is 14.0. The summed E-state index contributed by atoms with van der Waals surface area (Å²) in [7, 11) is 0. The standard InChI is InChI=1S/C18H26O6/c1-3-19-9-11-21-13-15-23-17-7-5-6-8-18(17)24-16-14-22-12-10-20-4-2/h3-8H,1-2,9-16H2. The van der Waals surface area contributed by atoms with Crippen LogP contribution in [0.25, 0.3) is 0 Å². The molecule has 0 saturated heterocycles. The Morgan fingerprint density at radius 3 is 1.46 bits per heavy atom. The first-order chi connectivity index (χ1) is 11.9. The Kier molecular flexibility index (Phi) is 11.9. The fraction of sp³-hybridized carbons (Fsp3) is 0.444. The molecule has 0 fully saturated rings. The van der Waals surface area contributed by atoms with Crippen LogP contribution >= 0.6 is 0 Å². The van der Waals surface area contributed by atoms with Crippen molar-refractivity contribution in [2.24, 2.45) is 0 Å². The second kappa shape index (κ2) is 14.4. The fourth-order valence-corrected chi connectivity index (χ4v) is 1.69. The molecule has 1 aromatic carbocycles. The van der Waals surface area contributed by atoms with Gasteiger partial charge in [0.25, 0.3) is 0 Å². The first kappa shape index (κ1) is 19.9. The van der Waals surface area contributed by atoms with Crippen LogP contribution in [0.3, 0.4) is 0 Å². The summed E-state index contributed by atoms with van der Waals surface area (Å²) in [6.45, 7) is 10.7. The van der Waals surface area contributed by atoms with Crippen LogP contribution in [0, 0.1) is 0 Å². The zero-order valence-electron chi connectivity index (χ0n) is 14.0. The molecular weight excluding hydrogens is 312 g/mol. The van der Waals surface area contributed by atoms with Gasteiger partial charge in [0.2, 0.25) is 0 Å². The summed E-state index contributed by atoms with van der Waals surface area (Å²) < 4.78 is 32.0. The van der Waals surface area contributed by atoms with E-state index in [-0.39, 0.29) is 0 Å². The summed E-state index contributed by atoms with van der Waals surface area (Å²) in [6, 6.07) is 7.50. The van der Waals surface area contributed by atoms with Gasteiger partial charge in [-0.15, -0.1) is 0 Å². The minimum Gasteiger partial charge on any atom is -0.499 e. The van der Waals surface area contributed by atoms with Gasteiger partial charge in [-0.25, -0.2) is 0 Å². The molecule has 0 heterocycles. The maximum Gasteiger partial charge on any atom is 0.161 e. The van der Waals surface area contributed by atoms with Gasteiger partial charge in [-0.2, -0.15) is 0 Å². The number of ether oxygens (including phenoxy) is 6. The van der Waals surface area contributed by atoms with Gasteiger partial charge < -0.3 is 28.4 Å². The van der Waals surface area contributed by atoms with Crippen molar-refractivity contribution in [3.63, 3.8) is 0 Å². The maximum absolute atomic E-state index is 5.67. The van der Waals surface area contributed by atoms with E-state index in [1.165, 1.54) is 12.5 Å². The highest BCUT2D eigenvalue weighted by Crippen LogP contribution is 2.26. The van der Waals surface area contributed by atoms with E-state index < -0.39 is 0 Å². The third kappa shape index (κ3) is 9.76. The predicted molar refractivity (Wildman–Crippen MR) is 91.4 cm³/mol. The van der Waals surface area contributed by atoms with E-state index in [0.29, 0.717) is 64.4 Å². The average Bonchev–Trinajstić information content (AvgIpc) is 2.61. The molecule has 1 aromatic rings. The van der Waals surface area contributed by atoms with E-state index in [1.807, 2.05) is 24.3 Å². The van der Waals surface area contributed by atoms with Gasteiger partial charge in [0.1, 0.15) is 26.4 Å². The number of hydrogen-bond acceptors (Lipinski definition) is 6. The quantitative estimate of drug-likeness (QED) is 0.341. The summed E-state index contributed by atoms with van der Waals surface area (Å²) in [6.07, 6.45) is 2.79. The summed E-state index contributed by atoms with van der Waals surface area (Å²) in [5.74, 6) is 1.36. The van der Waals surface area contributed by atoms with Crippen LogP contribution in [0.4, 0.5) is 0 Å². The number of para-hydroxylation sites is 2. The van der Waals surface area contributed by atoms with Crippen LogP contribution in [-0.2, 0) is 18.9 Å². The van der Waals surface area contributed by atoms with Crippen LogP contribution < -0.4 is 9.47 Å². The molecule has 0 atom stereocenters. The molecule has 0 spiro atoms. The van der Waals surface area contributed by atoms with Crippen molar-refractivity contribution in [3.05, 3.63) is 49.9 Å². The molecular formula is C18H26O6. The summed E-state index contributed by atoms with van der Waals surface area (Å²) in [5, 5.41) is 0. The summed E-state index contributed by atoms with van der Waals surface area (Å²) in [5.41, 5.74) is 0. The molecule has 1 rings (SSSR count). The predicted octanol–water partition coefficient (Wildman–Crippen LogP) is 2.80. The third-order valence-electron chi connectivity index (χ3n) is 2.75. The van der Waals surface area contributed by atoms with Gasteiger partial charge in [0.15, 0.2) is 11.5 Å². The largest absolute Gasteiger partial charge is 0.499 e. The minimum atomic E-state index is 0.434. The van der Waals surface area contributed by atoms with Gasteiger partial charge in [0.05, 0.1) is 39.0 Å². The maximum atomic E-state index is 5.67. The van der Waals surface area contributed by atoms with Crippen LogP contribution in [0.2, 0.25) is 0 Å². The van der Waals surface area contributed by atoms with E-state index in [1.54, 1.807) is 0 Å². The normalized spacial score (nSPS) is 10.0. The highest BCUT2D eigenvalue weighted by Gasteiger charge is 2.04. The van der Waals surface area contributed by atoms with Crippen LogP contribution in [0.1, 0.15) is 0 Å². The molecule has 6 heteroatoms. The van der Waals surface area contributed by atoms with Crippen LogP contribution in [0.5, 0.6) is 11.5 Å². The minimum absolute atomic E-state index is 0.434. The van der Waals surface area contributed by atoms with Gasteiger partial charge >= 0.3 is 0 Å². The Morgan fingerprint density at radius 1 is 0.625 bits per heavy atom. The molecule has 0 saturated carbocycles. The molecule has 0 unspecified atom stereocenters. The van der Waals surface area contributed by atoms with E-state index in [4.69, 9.17) is 28.4 Å². The molecule has 6 nitrogen and oxygen atoms in total. The van der Waals surface area contributed by atoms with Gasteiger partial charge in [-0.05, 0) is 12.1 Å². The van der Waals surface area contributed by atoms with Crippen molar-refractivity contribution in [2.75, 3.05) is 52.9 Å². The van der Waals surface area contributed by atoms with Gasteiger partial charge in [-0.3, -0.25) is 0 Å². The summed E-state index contributed by atoms with van der Waals surface area (Å²) >= 11 is 0. The molecule has 0 amide bonds. The molecule has 0 radical (unpaired) electrons. The molecule has 0 aliphatic heterocycles. The molecule has 0 N–H and O–H groups in total. The van der Waals surface area contributed by atoms with Crippen molar-refractivity contribution in [1.29, 1.82) is 0 Å². The topological polar surface area (TPSA) is 55.4 Å². The van der Waals surface area contributed by atoms with Crippen LogP contribution in [-0.4, -0.2) is 52.9 Å². The lowest BCUT2D eigenvalue weighted by molar-refractivity contribution is 0.0599. The Labute approximate surface area is 143 Å². The number of benzene rings is 1. The lowest BCUT2D eigenvalue weighted by Crippen LogP contribution is -2.12. The first-order valence-corrected chi connectivity index (χ1v) is 7.83. The third-order valence-corrected chi connectivity index (χ3v) is 2.75. The van der Waals surface area contributed by atoms with E-state index in [0.717, 1.165) is 0 Å². The van der Waals surface area contributed by atoms with E-state index in [2.05, 4.69) is 13.2 Å². The molecule has 134 valence electrons. The Morgan fingerprint density at radius 2 is 1.04 bits per heavy atom. The second-order valence-corrected chi connectivity index (χ2v) is 4.44. The Hall–Kier alpha value is -2.18. The lowest BCUT2D eigenvalue weighted by atomic mass is 10.3. The first-order valence-electron chi connectivity index (χ1n) is 7.83. The van der Waals surface area contributed by atoms with Crippen molar-refractivity contribution in [2.45, 2.75) is 0 Å². The second-order valence-electron chi connectivity index (χ2n) is 4.44. The lowest BCUT2D eigenvalue weighted by Gasteiger charge is -2.13. The van der Waals surface area contributed by atoms with E-state index >= 15 is 0 Å². The molecule has 24 heavy (non-hydrogen) atoms. The molecule has 0 aliphatic carbocycles. The molecule has 0 aliphatic rings. The highest BCUT2D eigenvalue weighted by atomic mass is 16.6. The van der Waals surface area contributed by atoms with E-state index in [9.17, 15) is 0 Å². The smallest absolute Gasteiger partial charge is 0.161 e.